The summed E-state index contributed by atoms with van der Waals surface area (Å²) in [6.45, 7) is 5.42. The van der Waals surface area contributed by atoms with Gasteiger partial charge in [0.1, 0.15) is 5.75 Å². The van der Waals surface area contributed by atoms with Gasteiger partial charge in [-0.15, -0.1) is 0 Å². The highest BCUT2D eigenvalue weighted by atomic mass is 16.5. The third kappa shape index (κ3) is 5.49. The van der Waals surface area contributed by atoms with Crippen molar-refractivity contribution in [1.82, 2.24) is 15.5 Å². The maximum atomic E-state index is 13.0. The van der Waals surface area contributed by atoms with Crippen LogP contribution >= 0.6 is 0 Å². The van der Waals surface area contributed by atoms with Crippen LogP contribution in [0, 0.1) is 0 Å². The molecule has 2 aliphatic rings. The molecule has 1 amide bonds. The molecule has 6 heteroatoms. The van der Waals surface area contributed by atoms with Crippen molar-refractivity contribution >= 4 is 5.91 Å². The maximum absolute atomic E-state index is 13.0. The summed E-state index contributed by atoms with van der Waals surface area (Å²) in [5.41, 5.74) is 4.06. The van der Waals surface area contributed by atoms with E-state index in [9.17, 15) is 4.79 Å². The van der Waals surface area contributed by atoms with Crippen LogP contribution in [0.25, 0.3) is 0 Å². The van der Waals surface area contributed by atoms with Gasteiger partial charge in [-0.05, 0) is 55.0 Å². The first-order chi connectivity index (χ1) is 15.7. The monoisotopic (exact) mass is 437 g/mol. The van der Waals surface area contributed by atoms with E-state index in [1.807, 2.05) is 19.1 Å². The van der Waals surface area contributed by atoms with E-state index in [-0.39, 0.29) is 18.0 Å². The van der Waals surface area contributed by atoms with Crippen LogP contribution in [0.5, 0.6) is 5.75 Å². The minimum absolute atomic E-state index is 0.107. The number of rotatable bonds is 10. The van der Waals surface area contributed by atoms with Gasteiger partial charge in [0.2, 0.25) is 5.91 Å². The molecular formula is C26H35N3O3. The van der Waals surface area contributed by atoms with Gasteiger partial charge in [0.15, 0.2) is 0 Å². The summed E-state index contributed by atoms with van der Waals surface area (Å²) in [5.74, 6) is 1.01. The zero-order valence-electron chi connectivity index (χ0n) is 19.2. The Morgan fingerprint density at radius 1 is 1.09 bits per heavy atom. The zero-order valence-corrected chi connectivity index (χ0v) is 19.2. The lowest BCUT2D eigenvalue weighted by Gasteiger charge is -2.29. The number of carbonyl (C=O) groups is 1. The SMILES string of the molecule is CCOc1ccc(CN[C@H]2C[C@@H](C(=O)NCCOC)N(C3Cc4ccccc4C3)C2)cc1. The van der Waals surface area contributed by atoms with E-state index in [0.29, 0.717) is 25.8 Å². The van der Waals surface area contributed by atoms with Crippen molar-refractivity contribution in [3.8, 4) is 5.75 Å². The number of ether oxygens (including phenoxy) is 2. The number of fused-ring (bicyclic) bond motifs is 1. The van der Waals surface area contributed by atoms with Crippen LogP contribution in [-0.2, 0) is 28.9 Å². The lowest BCUT2D eigenvalue weighted by atomic mass is 10.1. The number of hydrogen-bond donors (Lipinski definition) is 2. The molecule has 0 unspecified atom stereocenters. The fourth-order valence-electron chi connectivity index (χ4n) is 4.97. The second kappa shape index (κ2) is 10.9. The summed E-state index contributed by atoms with van der Waals surface area (Å²) in [6, 6.07) is 17.5. The predicted octanol–water partition coefficient (Wildman–Crippen LogP) is 2.55. The first-order valence-corrected chi connectivity index (χ1v) is 11.7. The molecule has 0 radical (unpaired) electrons. The summed E-state index contributed by atoms with van der Waals surface area (Å²) in [6.07, 6.45) is 2.86. The lowest BCUT2D eigenvalue weighted by molar-refractivity contribution is -0.126. The number of nitrogens with zero attached hydrogens (tertiary/aromatic N) is 1. The predicted molar refractivity (Wildman–Crippen MR) is 126 cm³/mol. The Morgan fingerprint density at radius 3 is 2.47 bits per heavy atom. The Morgan fingerprint density at radius 2 is 1.81 bits per heavy atom. The van der Waals surface area contributed by atoms with Crippen LogP contribution < -0.4 is 15.4 Å². The molecule has 0 spiro atoms. The molecule has 1 fully saturated rings. The number of carbonyl (C=O) groups excluding carboxylic acids is 1. The average Bonchev–Trinajstić information content (AvgIpc) is 3.43. The van der Waals surface area contributed by atoms with Crippen molar-refractivity contribution in [1.29, 1.82) is 0 Å². The van der Waals surface area contributed by atoms with E-state index in [0.717, 1.165) is 38.1 Å². The van der Waals surface area contributed by atoms with E-state index in [1.165, 1.54) is 16.7 Å². The highest BCUT2D eigenvalue weighted by Crippen LogP contribution is 2.31. The van der Waals surface area contributed by atoms with Crippen LogP contribution in [-0.4, -0.2) is 62.3 Å². The van der Waals surface area contributed by atoms with Crippen LogP contribution in [0.2, 0.25) is 0 Å². The maximum Gasteiger partial charge on any atom is 0.237 e. The number of methoxy groups -OCH3 is 1. The van der Waals surface area contributed by atoms with Gasteiger partial charge in [-0.3, -0.25) is 9.69 Å². The highest BCUT2D eigenvalue weighted by Gasteiger charge is 2.41. The van der Waals surface area contributed by atoms with Crippen molar-refractivity contribution in [3.63, 3.8) is 0 Å². The molecule has 0 saturated carbocycles. The van der Waals surface area contributed by atoms with Crippen molar-refractivity contribution in [2.24, 2.45) is 0 Å². The molecule has 2 aromatic rings. The summed E-state index contributed by atoms with van der Waals surface area (Å²) in [4.78, 5) is 15.5. The standard InChI is InChI=1S/C26H35N3O3/c1-3-32-24-10-8-19(9-11-24)17-28-22-16-25(26(30)27-12-13-31-2)29(18-22)23-14-20-6-4-5-7-21(20)15-23/h4-11,22-23,25,28H,3,12-18H2,1-2H3,(H,27,30)/t22-,25-/m0/s1. The summed E-state index contributed by atoms with van der Waals surface area (Å²) < 4.78 is 10.6. The van der Waals surface area contributed by atoms with Gasteiger partial charge < -0.3 is 20.1 Å². The number of hydrogen-bond acceptors (Lipinski definition) is 5. The Hall–Kier alpha value is -2.41. The molecule has 172 valence electrons. The molecule has 4 rings (SSSR count). The molecule has 6 nitrogen and oxygen atoms in total. The van der Waals surface area contributed by atoms with E-state index in [1.54, 1.807) is 7.11 Å². The van der Waals surface area contributed by atoms with Crippen molar-refractivity contribution < 1.29 is 14.3 Å². The van der Waals surface area contributed by atoms with E-state index < -0.39 is 0 Å². The number of likely N-dealkylation sites (tertiary alicyclic amines) is 1. The molecule has 1 aliphatic carbocycles. The summed E-state index contributed by atoms with van der Waals surface area (Å²) in [5, 5.41) is 6.75. The minimum atomic E-state index is -0.107. The fourth-order valence-corrected chi connectivity index (χ4v) is 4.97. The van der Waals surface area contributed by atoms with Gasteiger partial charge in [0.05, 0.1) is 19.3 Å². The van der Waals surface area contributed by atoms with E-state index in [4.69, 9.17) is 9.47 Å². The molecule has 2 N–H and O–H groups in total. The summed E-state index contributed by atoms with van der Waals surface area (Å²) >= 11 is 0. The molecule has 32 heavy (non-hydrogen) atoms. The molecule has 0 bridgehead atoms. The van der Waals surface area contributed by atoms with Crippen LogP contribution in [0.4, 0.5) is 0 Å². The Kier molecular flexibility index (Phi) is 7.79. The summed E-state index contributed by atoms with van der Waals surface area (Å²) in [7, 11) is 1.66. The van der Waals surface area contributed by atoms with Gasteiger partial charge in [-0.1, -0.05) is 36.4 Å². The Bertz CT molecular complexity index is 861. The van der Waals surface area contributed by atoms with Gasteiger partial charge in [0.25, 0.3) is 0 Å². The molecule has 0 aromatic heterocycles. The van der Waals surface area contributed by atoms with Crippen LogP contribution in [0.3, 0.4) is 0 Å². The third-order valence-electron chi connectivity index (χ3n) is 6.58. The van der Waals surface area contributed by atoms with Gasteiger partial charge in [-0.25, -0.2) is 0 Å². The fraction of sp³-hybridized carbons (Fsp3) is 0.500. The molecule has 1 aliphatic heterocycles. The molecule has 2 aromatic carbocycles. The Balaban J connectivity index is 1.39. The van der Waals surface area contributed by atoms with Crippen LogP contribution in [0.15, 0.2) is 48.5 Å². The average molecular weight is 438 g/mol. The largest absolute Gasteiger partial charge is 0.494 e. The molecule has 1 heterocycles. The van der Waals surface area contributed by atoms with Gasteiger partial charge in [0, 0.05) is 38.8 Å². The third-order valence-corrected chi connectivity index (χ3v) is 6.58. The van der Waals surface area contributed by atoms with Crippen molar-refractivity contribution in [2.75, 3.05) is 33.4 Å². The Labute approximate surface area is 191 Å². The van der Waals surface area contributed by atoms with Crippen molar-refractivity contribution in [3.05, 3.63) is 65.2 Å². The van der Waals surface area contributed by atoms with Crippen molar-refractivity contribution in [2.45, 2.75) is 50.9 Å². The molecular weight excluding hydrogens is 402 g/mol. The first kappa shape index (κ1) is 22.8. The normalized spacial score (nSPS) is 20.9. The van der Waals surface area contributed by atoms with Gasteiger partial charge in [-0.2, -0.15) is 0 Å². The van der Waals surface area contributed by atoms with E-state index in [2.05, 4.69) is 51.9 Å². The number of benzene rings is 2. The smallest absolute Gasteiger partial charge is 0.237 e. The van der Waals surface area contributed by atoms with Gasteiger partial charge >= 0.3 is 0 Å². The topological polar surface area (TPSA) is 62.8 Å². The molecule has 2 atom stereocenters. The first-order valence-electron chi connectivity index (χ1n) is 11.7. The zero-order chi connectivity index (χ0) is 22.3. The second-order valence-electron chi connectivity index (χ2n) is 8.72. The number of nitrogens with one attached hydrogen (secondary N) is 2. The lowest BCUT2D eigenvalue weighted by Crippen LogP contribution is -2.48. The molecule has 1 saturated heterocycles. The highest BCUT2D eigenvalue weighted by molar-refractivity contribution is 5.82. The van der Waals surface area contributed by atoms with E-state index >= 15 is 0 Å². The number of amides is 1. The quantitative estimate of drug-likeness (QED) is 0.560. The van der Waals surface area contributed by atoms with Crippen LogP contribution in [0.1, 0.15) is 30.0 Å². The second-order valence-corrected chi connectivity index (χ2v) is 8.72. The minimum Gasteiger partial charge on any atom is -0.494 e.